The molecule has 0 bridgehead atoms. The fourth-order valence-corrected chi connectivity index (χ4v) is 1.74. The van der Waals surface area contributed by atoms with Crippen molar-refractivity contribution in [1.29, 1.82) is 0 Å². The third-order valence-corrected chi connectivity index (χ3v) is 2.58. The summed E-state index contributed by atoms with van der Waals surface area (Å²) in [5, 5.41) is 3.29. The van der Waals surface area contributed by atoms with Gasteiger partial charge in [0.2, 0.25) is 5.88 Å². The summed E-state index contributed by atoms with van der Waals surface area (Å²) in [5.74, 6) is 0.199. The van der Waals surface area contributed by atoms with E-state index in [4.69, 9.17) is 4.74 Å². The predicted molar refractivity (Wildman–Crippen MR) is 55.3 cm³/mol. The standard InChI is InChI=1S/C11H15FN2O/c12-10-4-2-6-14-11(10)15-8-9-3-1-5-13-7-9/h2,4,6,9,13H,1,3,5,7-8H2. The Labute approximate surface area is 88.7 Å². The van der Waals surface area contributed by atoms with E-state index in [0.717, 1.165) is 19.5 Å². The van der Waals surface area contributed by atoms with E-state index in [2.05, 4.69) is 10.3 Å². The predicted octanol–water partition coefficient (Wildman–Crippen LogP) is 1.60. The van der Waals surface area contributed by atoms with Crippen LogP contribution in [0.15, 0.2) is 18.3 Å². The highest BCUT2D eigenvalue weighted by molar-refractivity contribution is 5.12. The molecule has 82 valence electrons. The second-order valence-corrected chi connectivity index (χ2v) is 3.81. The van der Waals surface area contributed by atoms with E-state index >= 15 is 0 Å². The largest absolute Gasteiger partial charge is 0.475 e. The molecule has 1 aromatic heterocycles. The minimum Gasteiger partial charge on any atom is -0.475 e. The van der Waals surface area contributed by atoms with Crippen LogP contribution < -0.4 is 10.1 Å². The van der Waals surface area contributed by atoms with Gasteiger partial charge in [-0.05, 0) is 31.5 Å². The highest BCUT2D eigenvalue weighted by atomic mass is 19.1. The maximum Gasteiger partial charge on any atom is 0.250 e. The van der Waals surface area contributed by atoms with E-state index < -0.39 is 0 Å². The minimum atomic E-state index is -0.388. The lowest BCUT2D eigenvalue weighted by Gasteiger charge is -2.22. The summed E-state index contributed by atoms with van der Waals surface area (Å²) in [4.78, 5) is 3.85. The van der Waals surface area contributed by atoms with Crippen LogP contribution in [0.1, 0.15) is 12.8 Å². The highest BCUT2D eigenvalue weighted by Gasteiger charge is 2.14. The molecular formula is C11H15FN2O. The number of hydrogen-bond donors (Lipinski definition) is 1. The molecule has 0 aromatic carbocycles. The normalized spacial score (nSPS) is 21.3. The zero-order valence-corrected chi connectivity index (χ0v) is 8.58. The van der Waals surface area contributed by atoms with Gasteiger partial charge >= 0.3 is 0 Å². The lowest BCUT2D eigenvalue weighted by Crippen LogP contribution is -2.33. The van der Waals surface area contributed by atoms with Crippen molar-refractivity contribution in [2.24, 2.45) is 5.92 Å². The highest BCUT2D eigenvalue weighted by Crippen LogP contribution is 2.15. The van der Waals surface area contributed by atoms with Crippen LogP contribution in [0.5, 0.6) is 5.88 Å². The van der Waals surface area contributed by atoms with Crippen molar-refractivity contribution in [1.82, 2.24) is 10.3 Å². The zero-order chi connectivity index (χ0) is 10.5. The van der Waals surface area contributed by atoms with Gasteiger partial charge in [0.1, 0.15) is 0 Å². The first-order chi connectivity index (χ1) is 7.36. The molecule has 1 aromatic rings. The van der Waals surface area contributed by atoms with Gasteiger partial charge in [-0.1, -0.05) is 0 Å². The van der Waals surface area contributed by atoms with Gasteiger partial charge < -0.3 is 10.1 Å². The first kappa shape index (κ1) is 10.4. The molecule has 1 aliphatic heterocycles. The fraction of sp³-hybridized carbons (Fsp3) is 0.545. The van der Waals surface area contributed by atoms with Crippen LogP contribution >= 0.6 is 0 Å². The molecule has 0 aliphatic carbocycles. The van der Waals surface area contributed by atoms with Crippen molar-refractivity contribution < 1.29 is 9.13 Å². The van der Waals surface area contributed by atoms with Crippen molar-refractivity contribution >= 4 is 0 Å². The van der Waals surface area contributed by atoms with Crippen LogP contribution in [0.4, 0.5) is 4.39 Å². The van der Waals surface area contributed by atoms with Crippen LogP contribution in [-0.2, 0) is 0 Å². The van der Waals surface area contributed by atoms with Crippen molar-refractivity contribution in [3.05, 3.63) is 24.1 Å². The third kappa shape index (κ3) is 2.89. The molecule has 1 N–H and O–H groups in total. The SMILES string of the molecule is Fc1cccnc1OCC1CCCNC1. The van der Waals surface area contributed by atoms with E-state index in [9.17, 15) is 4.39 Å². The number of ether oxygens (including phenoxy) is 1. The second kappa shape index (κ2) is 5.07. The van der Waals surface area contributed by atoms with Gasteiger partial charge in [0.15, 0.2) is 5.82 Å². The number of aromatic nitrogens is 1. The summed E-state index contributed by atoms with van der Waals surface area (Å²) in [6.45, 7) is 2.57. The first-order valence-electron chi connectivity index (χ1n) is 5.30. The van der Waals surface area contributed by atoms with E-state index in [1.54, 1.807) is 6.07 Å². The van der Waals surface area contributed by atoms with Crippen LogP contribution in [0.25, 0.3) is 0 Å². The van der Waals surface area contributed by atoms with Gasteiger partial charge in [-0.25, -0.2) is 9.37 Å². The third-order valence-electron chi connectivity index (χ3n) is 2.58. The van der Waals surface area contributed by atoms with Crippen LogP contribution in [-0.4, -0.2) is 24.7 Å². The summed E-state index contributed by atoms with van der Waals surface area (Å²) in [6.07, 6.45) is 3.84. The average molecular weight is 210 g/mol. The van der Waals surface area contributed by atoms with Crippen molar-refractivity contribution in [2.75, 3.05) is 19.7 Å². The van der Waals surface area contributed by atoms with E-state index in [0.29, 0.717) is 12.5 Å². The average Bonchev–Trinajstić information content (AvgIpc) is 2.29. The monoisotopic (exact) mass is 210 g/mol. The lowest BCUT2D eigenvalue weighted by molar-refractivity contribution is 0.204. The minimum absolute atomic E-state index is 0.114. The Balaban J connectivity index is 1.84. The van der Waals surface area contributed by atoms with Crippen LogP contribution in [0.3, 0.4) is 0 Å². The van der Waals surface area contributed by atoms with Gasteiger partial charge in [0.05, 0.1) is 6.61 Å². The maximum absolute atomic E-state index is 13.1. The van der Waals surface area contributed by atoms with Gasteiger partial charge in [0.25, 0.3) is 0 Å². The molecule has 0 amide bonds. The molecule has 0 radical (unpaired) electrons. The Kier molecular flexibility index (Phi) is 3.50. The molecule has 1 atom stereocenters. The number of nitrogens with zero attached hydrogens (tertiary/aromatic N) is 1. The van der Waals surface area contributed by atoms with Crippen molar-refractivity contribution in [3.63, 3.8) is 0 Å². The molecule has 4 heteroatoms. The summed E-state index contributed by atoms with van der Waals surface area (Å²) in [5.41, 5.74) is 0. The van der Waals surface area contributed by atoms with Crippen molar-refractivity contribution in [3.8, 4) is 5.88 Å². The Bertz CT molecular complexity index is 313. The van der Waals surface area contributed by atoms with E-state index in [-0.39, 0.29) is 11.7 Å². The number of piperidine rings is 1. The molecule has 2 rings (SSSR count). The Morgan fingerprint density at radius 2 is 2.53 bits per heavy atom. The Morgan fingerprint density at radius 1 is 1.60 bits per heavy atom. The van der Waals surface area contributed by atoms with E-state index in [1.165, 1.54) is 18.7 Å². The molecule has 0 spiro atoms. The summed E-state index contributed by atoms with van der Waals surface area (Å²) >= 11 is 0. The van der Waals surface area contributed by atoms with Gasteiger partial charge in [-0.15, -0.1) is 0 Å². The summed E-state index contributed by atoms with van der Waals surface area (Å²) in [6, 6.07) is 2.92. The summed E-state index contributed by atoms with van der Waals surface area (Å²) in [7, 11) is 0. The lowest BCUT2D eigenvalue weighted by atomic mass is 10.0. The molecule has 1 saturated heterocycles. The number of pyridine rings is 1. The van der Waals surface area contributed by atoms with E-state index in [1.807, 2.05) is 0 Å². The second-order valence-electron chi connectivity index (χ2n) is 3.81. The van der Waals surface area contributed by atoms with Gasteiger partial charge in [-0.3, -0.25) is 0 Å². The number of rotatable bonds is 3. The molecule has 15 heavy (non-hydrogen) atoms. The smallest absolute Gasteiger partial charge is 0.250 e. The molecule has 1 unspecified atom stereocenters. The molecule has 3 nitrogen and oxygen atoms in total. The first-order valence-corrected chi connectivity index (χ1v) is 5.30. The maximum atomic E-state index is 13.1. The molecular weight excluding hydrogens is 195 g/mol. The number of hydrogen-bond acceptors (Lipinski definition) is 3. The van der Waals surface area contributed by atoms with Gasteiger partial charge in [-0.2, -0.15) is 0 Å². The number of nitrogens with one attached hydrogen (secondary N) is 1. The Morgan fingerprint density at radius 3 is 3.27 bits per heavy atom. The molecule has 1 fully saturated rings. The van der Waals surface area contributed by atoms with Crippen LogP contribution in [0, 0.1) is 11.7 Å². The fourth-order valence-electron chi connectivity index (χ4n) is 1.74. The topological polar surface area (TPSA) is 34.1 Å². The Hall–Kier alpha value is -1.16. The molecule has 1 aliphatic rings. The van der Waals surface area contributed by atoms with Crippen molar-refractivity contribution in [2.45, 2.75) is 12.8 Å². The van der Waals surface area contributed by atoms with Crippen LogP contribution in [0.2, 0.25) is 0 Å². The molecule has 2 heterocycles. The number of halogens is 1. The molecule has 0 saturated carbocycles. The summed E-state index contributed by atoms with van der Waals surface area (Å²) < 4.78 is 18.5. The zero-order valence-electron chi connectivity index (χ0n) is 8.58. The quantitative estimate of drug-likeness (QED) is 0.822. The van der Waals surface area contributed by atoms with Gasteiger partial charge in [0, 0.05) is 18.7 Å².